The first-order valence-electron chi connectivity index (χ1n) is 8.99. The van der Waals surface area contributed by atoms with Gasteiger partial charge in [0.15, 0.2) is 5.11 Å². The Morgan fingerprint density at radius 2 is 1.85 bits per heavy atom. The Kier molecular flexibility index (Phi) is 5.45. The van der Waals surface area contributed by atoms with E-state index in [4.69, 9.17) is 12.2 Å². The number of anilines is 1. The number of para-hydroxylation sites is 1. The number of halogens is 2. The molecular formula is C21H20F2N2S2. The van der Waals surface area contributed by atoms with Gasteiger partial charge in [-0.05, 0) is 66.7 Å². The van der Waals surface area contributed by atoms with Crippen molar-refractivity contribution in [2.45, 2.75) is 29.5 Å². The van der Waals surface area contributed by atoms with Crippen LogP contribution >= 0.6 is 24.0 Å². The van der Waals surface area contributed by atoms with Crippen molar-refractivity contribution in [3.63, 3.8) is 0 Å². The van der Waals surface area contributed by atoms with Crippen molar-refractivity contribution in [3.8, 4) is 0 Å². The monoisotopic (exact) mass is 402 g/mol. The standard InChI is InChI=1S/C21H20F2N2S2/c22-16-8-14(9-17(23)11-16)12-27-20-4-2-1-3-18(20)24-21(26)25-19-10-13-5-6-15(19)7-13/h1-6,8-9,11,13,15,19H,7,10,12H2,(H2,24,25,26). The van der Waals surface area contributed by atoms with Gasteiger partial charge in [0.1, 0.15) is 11.6 Å². The van der Waals surface area contributed by atoms with E-state index < -0.39 is 11.6 Å². The summed E-state index contributed by atoms with van der Waals surface area (Å²) in [5.41, 5.74) is 1.51. The predicted molar refractivity (Wildman–Crippen MR) is 111 cm³/mol. The molecule has 0 spiro atoms. The highest BCUT2D eigenvalue weighted by Gasteiger charge is 2.35. The molecule has 0 amide bonds. The smallest absolute Gasteiger partial charge is 0.171 e. The number of fused-ring (bicyclic) bond motifs is 2. The number of thiocarbonyl (C=S) groups is 1. The molecule has 0 aromatic heterocycles. The van der Waals surface area contributed by atoms with Crippen molar-refractivity contribution in [1.29, 1.82) is 0 Å². The highest BCUT2D eigenvalue weighted by Crippen LogP contribution is 2.39. The van der Waals surface area contributed by atoms with E-state index in [0.29, 0.717) is 34.3 Å². The van der Waals surface area contributed by atoms with Crippen LogP contribution in [-0.2, 0) is 5.75 Å². The van der Waals surface area contributed by atoms with Gasteiger partial charge in [-0.2, -0.15) is 0 Å². The third kappa shape index (κ3) is 4.50. The maximum atomic E-state index is 13.4. The number of allylic oxidation sites excluding steroid dienone is 1. The molecule has 2 N–H and O–H groups in total. The van der Waals surface area contributed by atoms with Crippen LogP contribution in [0.25, 0.3) is 0 Å². The van der Waals surface area contributed by atoms with E-state index in [1.807, 2.05) is 24.3 Å². The van der Waals surface area contributed by atoms with Gasteiger partial charge in [-0.3, -0.25) is 0 Å². The van der Waals surface area contributed by atoms with Gasteiger partial charge in [-0.15, -0.1) is 11.8 Å². The Hall–Kier alpha value is -1.92. The summed E-state index contributed by atoms with van der Waals surface area (Å²) in [5, 5.41) is 7.34. The first-order valence-corrected chi connectivity index (χ1v) is 10.4. The third-order valence-corrected chi connectivity index (χ3v) is 6.41. The van der Waals surface area contributed by atoms with Crippen LogP contribution < -0.4 is 10.6 Å². The number of thioether (sulfide) groups is 1. The highest BCUT2D eigenvalue weighted by molar-refractivity contribution is 7.98. The minimum absolute atomic E-state index is 0.398. The van der Waals surface area contributed by atoms with Crippen LogP contribution in [0.4, 0.5) is 14.5 Å². The van der Waals surface area contributed by atoms with E-state index in [1.54, 1.807) is 0 Å². The van der Waals surface area contributed by atoms with E-state index >= 15 is 0 Å². The van der Waals surface area contributed by atoms with Crippen LogP contribution in [0.1, 0.15) is 18.4 Å². The molecule has 2 aromatic rings. The molecule has 1 fully saturated rings. The molecule has 6 heteroatoms. The minimum Gasteiger partial charge on any atom is -0.359 e. The maximum Gasteiger partial charge on any atom is 0.171 e. The van der Waals surface area contributed by atoms with Gasteiger partial charge in [0.25, 0.3) is 0 Å². The van der Waals surface area contributed by atoms with Gasteiger partial charge in [-0.1, -0.05) is 24.3 Å². The molecule has 2 aliphatic rings. The van der Waals surface area contributed by atoms with Crippen molar-refractivity contribution in [2.75, 3.05) is 5.32 Å². The molecule has 2 aromatic carbocycles. The molecule has 2 aliphatic carbocycles. The SMILES string of the molecule is Fc1cc(F)cc(CSc2ccccc2NC(=S)NC2CC3C=CC2C3)c1. The quantitative estimate of drug-likeness (QED) is 0.391. The molecule has 3 atom stereocenters. The maximum absolute atomic E-state index is 13.4. The van der Waals surface area contributed by atoms with Gasteiger partial charge in [0.2, 0.25) is 0 Å². The lowest BCUT2D eigenvalue weighted by Crippen LogP contribution is -2.40. The zero-order valence-corrected chi connectivity index (χ0v) is 16.3. The van der Waals surface area contributed by atoms with Gasteiger partial charge in [-0.25, -0.2) is 8.78 Å². The Balaban J connectivity index is 1.38. The molecule has 0 saturated heterocycles. The lowest BCUT2D eigenvalue weighted by molar-refractivity contribution is 0.526. The van der Waals surface area contributed by atoms with Crippen molar-refractivity contribution in [1.82, 2.24) is 5.32 Å². The average Bonchev–Trinajstić information content (AvgIpc) is 3.23. The van der Waals surface area contributed by atoms with Crippen LogP contribution in [0.3, 0.4) is 0 Å². The number of rotatable bonds is 5. The predicted octanol–water partition coefficient (Wildman–Crippen LogP) is 5.51. The second-order valence-corrected chi connectivity index (χ2v) is 8.47. The fourth-order valence-electron chi connectivity index (χ4n) is 3.82. The summed E-state index contributed by atoms with van der Waals surface area (Å²) in [6.45, 7) is 0. The second kappa shape index (κ2) is 7.98. The molecule has 2 nitrogen and oxygen atoms in total. The first-order chi connectivity index (χ1) is 13.1. The fraction of sp³-hybridized carbons (Fsp3) is 0.286. The van der Waals surface area contributed by atoms with E-state index in [-0.39, 0.29) is 0 Å². The van der Waals surface area contributed by atoms with E-state index in [0.717, 1.165) is 23.1 Å². The van der Waals surface area contributed by atoms with Crippen LogP contribution in [0.15, 0.2) is 59.5 Å². The Bertz CT molecular complexity index is 864. The second-order valence-electron chi connectivity index (χ2n) is 7.05. The van der Waals surface area contributed by atoms with E-state index in [9.17, 15) is 8.78 Å². The molecule has 2 bridgehead atoms. The molecule has 3 unspecified atom stereocenters. The van der Waals surface area contributed by atoms with Crippen LogP contribution in [0, 0.1) is 23.5 Å². The molecule has 27 heavy (non-hydrogen) atoms. The lowest BCUT2D eigenvalue weighted by Gasteiger charge is -2.22. The van der Waals surface area contributed by atoms with Crippen molar-refractivity contribution in [2.24, 2.45) is 11.8 Å². The fourth-order valence-corrected chi connectivity index (χ4v) is 5.02. The summed E-state index contributed by atoms with van der Waals surface area (Å²) in [5.74, 6) is 0.627. The van der Waals surface area contributed by atoms with Crippen molar-refractivity contribution < 1.29 is 8.78 Å². The van der Waals surface area contributed by atoms with Crippen molar-refractivity contribution in [3.05, 3.63) is 71.8 Å². The first kappa shape index (κ1) is 18.4. The average molecular weight is 403 g/mol. The molecule has 0 aliphatic heterocycles. The Morgan fingerprint density at radius 1 is 1.07 bits per heavy atom. The van der Waals surface area contributed by atoms with Crippen LogP contribution in [-0.4, -0.2) is 11.2 Å². The molecule has 0 radical (unpaired) electrons. The molecular weight excluding hydrogens is 382 g/mol. The molecule has 140 valence electrons. The Labute approximate surface area is 167 Å². The van der Waals surface area contributed by atoms with Crippen LogP contribution in [0.2, 0.25) is 0 Å². The largest absolute Gasteiger partial charge is 0.359 e. The summed E-state index contributed by atoms with van der Waals surface area (Å²) in [6, 6.07) is 11.8. The van der Waals surface area contributed by atoms with Gasteiger partial charge < -0.3 is 10.6 Å². The van der Waals surface area contributed by atoms with Crippen molar-refractivity contribution >= 4 is 34.8 Å². The topological polar surface area (TPSA) is 24.1 Å². The number of nitrogens with one attached hydrogen (secondary N) is 2. The van der Waals surface area contributed by atoms with E-state index in [2.05, 4.69) is 22.8 Å². The Morgan fingerprint density at radius 3 is 2.56 bits per heavy atom. The number of hydrogen-bond acceptors (Lipinski definition) is 2. The lowest BCUT2D eigenvalue weighted by atomic mass is 10.0. The molecule has 0 heterocycles. The summed E-state index contributed by atoms with van der Waals surface area (Å²) in [6.07, 6.45) is 6.94. The summed E-state index contributed by atoms with van der Waals surface area (Å²) < 4.78 is 26.7. The van der Waals surface area contributed by atoms with Gasteiger partial charge in [0.05, 0.1) is 5.69 Å². The molecule has 4 rings (SSSR count). The molecule has 1 saturated carbocycles. The van der Waals surface area contributed by atoms with E-state index in [1.165, 1.54) is 30.3 Å². The summed E-state index contributed by atoms with van der Waals surface area (Å²) in [7, 11) is 0. The zero-order valence-electron chi connectivity index (χ0n) is 14.6. The summed E-state index contributed by atoms with van der Waals surface area (Å²) in [4.78, 5) is 0.985. The third-order valence-electron chi connectivity index (χ3n) is 5.05. The summed E-state index contributed by atoms with van der Waals surface area (Å²) >= 11 is 7.03. The normalized spacial score (nSPS) is 22.8. The van der Waals surface area contributed by atoms with Crippen LogP contribution in [0.5, 0.6) is 0 Å². The van der Waals surface area contributed by atoms with Gasteiger partial charge in [0, 0.05) is 22.8 Å². The highest BCUT2D eigenvalue weighted by atomic mass is 32.2. The van der Waals surface area contributed by atoms with Gasteiger partial charge >= 0.3 is 0 Å². The number of hydrogen-bond donors (Lipinski definition) is 2. The minimum atomic E-state index is -0.553. The number of benzene rings is 2. The zero-order chi connectivity index (χ0) is 18.8.